The van der Waals surface area contributed by atoms with Crippen molar-refractivity contribution in [1.29, 1.82) is 0 Å². The van der Waals surface area contributed by atoms with E-state index in [1.165, 1.54) is 60.9 Å². The van der Waals surface area contributed by atoms with Crippen LogP contribution < -0.4 is 4.90 Å². The van der Waals surface area contributed by atoms with E-state index in [1.54, 1.807) is 0 Å². The zero-order chi connectivity index (χ0) is 34.0. The van der Waals surface area contributed by atoms with Crippen LogP contribution in [-0.4, -0.2) is 4.57 Å². The Bertz CT molecular complexity index is 3090. The van der Waals surface area contributed by atoms with Crippen molar-refractivity contribution in [1.82, 2.24) is 4.57 Å². The Morgan fingerprint density at radius 3 is 2.04 bits per heavy atom. The van der Waals surface area contributed by atoms with Gasteiger partial charge in [-0.3, -0.25) is 0 Å². The molecule has 1 unspecified atom stereocenters. The summed E-state index contributed by atoms with van der Waals surface area (Å²) in [5, 5.41) is 4.80. The first-order chi connectivity index (χ1) is 25.8. The van der Waals surface area contributed by atoms with Gasteiger partial charge in [-0.25, -0.2) is 0 Å². The first-order valence-electron chi connectivity index (χ1n) is 17.9. The number of anilines is 3. The molecule has 10 aromatic rings. The van der Waals surface area contributed by atoms with Crippen LogP contribution >= 0.6 is 0 Å². The largest absolute Gasteiger partial charge is 0.454 e. The fraction of sp³-hybridized carbons (Fsp3) is 0.0204. The summed E-state index contributed by atoms with van der Waals surface area (Å²) in [5.41, 5.74) is 15.9. The molecule has 1 aliphatic carbocycles. The van der Waals surface area contributed by atoms with Gasteiger partial charge in [0, 0.05) is 32.9 Å². The molecule has 0 saturated carbocycles. The van der Waals surface area contributed by atoms with Crippen molar-refractivity contribution >= 4 is 60.8 Å². The molecular formula is C49H30N2O. The monoisotopic (exact) mass is 662 g/mol. The number of hydrogen-bond acceptors (Lipinski definition) is 2. The van der Waals surface area contributed by atoms with E-state index in [0.717, 1.165) is 39.0 Å². The maximum atomic E-state index is 6.67. The quantitative estimate of drug-likeness (QED) is 0.188. The van der Waals surface area contributed by atoms with Crippen LogP contribution in [0.1, 0.15) is 22.3 Å². The Labute approximate surface area is 300 Å². The molecule has 0 bridgehead atoms. The summed E-state index contributed by atoms with van der Waals surface area (Å²) in [6, 6.07) is 66.5. The van der Waals surface area contributed by atoms with Crippen LogP contribution in [0.5, 0.6) is 0 Å². The van der Waals surface area contributed by atoms with E-state index in [1.807, 2.05) is 6.07 Å². The van der Waals surface area contributed by atoms with E-state index in [-0.39, 0.29) is 0 Å². The summed E-state index contributed by atoms with van der Waals surface area (Å²) in [6.45, 7) is 0. The minimum atomic E-state index is -0.532. The average Bonchev–Trinajstić information content (AvgIpc) is 3.85. The van der Waals surface area contributed by atoms with E-state index in [4.69, 9.17) is 4.42 Å². The van der Waals surface area contributed by atoms with Crippen molar-refractivity contribution < 1.29 is 4.42 Å². The molecular weight excluding hydrogens is 633 g/mol. The molecule has 0 saturated heterocycles. The molecule has 0 amide bonds. The predicted molar refractivity (Wildman–Crippen MR) is 214 cm³/mol. The summed E-state index contributed by atoms with van der Waals surface area (Å²) in [4.78, 5) is 2.37. The zero-order valence-electron chi connectivity index (χ0n) is 28.1. The Balaban J connectivity index is 1.20. The molecule has 0 radical (unpaired) electrons. The second-order valence-corrected chi connectivity index (χ2v) is 14.0. The molecule has 52 heavy (non-hydrogen) atoms. The van der Waals surface area contributed by atoms with Crippen LogP contribution in [0.3, 0.4) is 0 Å². The maximum absolute atomic E-state index is 6.67. The van der Waals surface area contributed by atoms with Gasteiger partial charge in [0.1, 0.15) is 5.58 Å². The van der Waals surface area contributed by atoms with Gasteiger partial charge in [-0.1, -0.05) is 133 Å². The van der Waals surface area contributed by atoms with E-state index in [0.29, 0.717) is 0 Å². The second kappa shape index (κ2) is 10.1. The van der Waals surface area contributed by atoms with Crippen molar-refractivity contribution in [2.24, 2.45) is 0 Å². The highest BCUT2D eigenvalue weighted by Crippen LogP contribution is 2.61. The van der Waals surface area contributed by atoms with Gasteiger partial charge in [-0.05, 0) is 81.9 Å². The van der Waals surface area contributed by atoms with Crippen LogP contribution in [0.2, 0.25) is 0 Å². The van der Waals surface area contributed by atoms with Gasteiger partial charge in [-0.2, -0.15) is 0 Å². The van der Waals surface area contributed by atoms with Crippen LogP contribution in [0, 0.1) is 0 Å². The summed E-state index contributed by atoms with van der Waals surface area (Å²) in [5.74, 6) is 0. The van der Waals surface area contributed by atoms with Crippen molar-refractivity contribution in [2.75, 3.05) is 4.90 Å². The number of fused-ring (bicyclic) bond motifs is 15. The molecule has 1 aliphatic heterocycles. The summed E-state index contributed by atoms with van der Waals surface area (Å²) < 4.78 is 9.17. The molecule has 1 spiro atoms. The fourth-order valence-electron chi connectivity index (χ4n) is 9.60. The number of rotatable bonds is 3. The number of para-hydroxylation sites is 6. The highest BCUT2D eigenvalue weighted by atomic mass is 16.3. The van der Waals surface area contributed by atoms with E-state index >= 15 is 0 Å². The summed E-state index contributed by atoms with van der Waals surface area (Å²) in [7, 11) is 0. The van der Waals surface area contributed by atoms with Gasteiger partial charge in [-0.15, -0.1) is 0 Å². The molecule has 2 aromatic heterocycles. The Morgan fingerprint density at radius 1 is 0.442 bits per heavy atom. The summed E-state index contributed by atoms with van der Waals surface area (Å²) in [6.07, 6.45) is 0. The number of aromatic nitrogens is 1. The average molecular weight is 663 g/mol. The molecule has 0 fully saturated rings. The first-order valence-corrected chi connectivity index (χ1v) is 17.9. The van der Waals surface area contributed by atoms with Gasteiger partial charge in [0.15, 0.2) is 5.58 Å². The van der Waals surface area contributed by atoms with E-state index in [9.17, 15) is 0 Å². The third kappa shape index (κ3) is 3.40. The van der Waals surface area contributed by atoms with Crippen LogP contribution in [0.4, 0.5) is 17.1 Å². The third-order valence-corrected chi connectivity index (χ3v) is 11.6. The standard InChI is InChI=1S/C49H30N2O/c1-2-14-31(15-3-1)50(45-26-13-20-38-36-18-6-11-27-46(36)52-48(38)45)32-28-29-34-33-16-4-7-21-39(33)49(42(34)30-32)40-22-8-10-25-44(40)51-43-24-9-5-17-35(43)37-19-12-23-41(49)47(37)51/h1-30H. The van der Waals surface area contributed by atoms with Crippen LogP contribution in [0.25, 0.3) is 60.6 Å². The first kappa shape index (κ1) is 27.9. The fourth-order valence-corrected chi connectivity index (χ4v) is 9.60. The van der Waals surface area contributed by atoms with Gasteiger partial charge >= 0.3 is 0 Å². The van der Waals surface area contributed by atoms with Gasteiger partial charge in [0.2, 0.25) is 0 Å². The zero-order valence-corrected chi connectivity index (χ0v) is 28.1. The summed E-state index contributed by atoms with van der Waals surface area (Å²) >= 11 is 0. The Morgan fingerprint density at radius 2 is 1.12 bits per heavy atom. The van der Waals surface area contributed by atoms with E-state index in [2.05, 4.69) is 185 Å². The number of furan rings is 1. The molecule has 12 rings (SSSR count). The van der Waals surface area contributed by atoms with Gasteiger partial charge < -0.3 is 13.9 Å². The van der Waals surface area contributed by atoms with Crippen molar-refractivity contribution in [2.45, 2.75) is 5.41 Å². The highest BCUT2D eigenvalue weighted by molar-refractivity contribution is 6.13. The molecule has 8 aromatic carbocycles. The molecule has 3 nitrogen and oxygen atoms in total. The SMILES string of the molecule is c1ccc(N(c2ccc3c(c2)C2(c4ccccc4-3)c3ccccc3-n3c4ccccc4c4cccc2c43)c2cccc3c2oc2ccccc23)cc1. The second-order valence-electron chi connectivity index (χ2n) is 14.0. The predicted octanol–water partition coefficient (Wildman–Crippen LogP) is 12.8. The van der Waals surface area contributed by atoms with Gasteiger partial charge in [0.25, 0.3) is 0 Å². The molecule has 3 heterocycles. The third-order valence-electron chi connectivity index (χ3n) is 11.6. The molecule has 3 heteroatoms. The molecule has 242 valence electrons. The highest BCUT2D eigenvalue weighted by Gasteiger charge is 2.51. The lowest BCUT2D eigenvalue weighted by atomic mass is 9.65. The smallest absolute Gasteiger partial charge is 0.159 e. The number of hydrogen-bond donors (Lipinski definition) is 0. The Kier molecular flexibility index (Phi) is 5.43. The minimum Gasteiger partial charge on any atom is -0.454 e. The lowest BCUT2D eigenvalue weighted by Crippen LogP contribution is -2.33. The number of benzene rings is 8. The van der Waals surface area contributed by atoms with Gasteiger partial charge in [0.05, 0.1) is 27.8 Å². The maximum Gasteiger partial charge on any atom is 0.159 e. The van der Waals surface area contributed by atoms with E-state index < -0.39 is 5.41 Å². The van der Waals surface area contributed by atoms with Crippen LogP contribution in [0.15, 0.2) is 186 Å². The van der Waals surface area contributed by atoms with Crippen molar-refractivity contribution in [3.05, 3.63) is 204 Å². The van der Waals surface area contributed by atoms with Crippen molar-refractivity contribution in [3.8, 4) is 16.8 Å². The molecule has 2 aliphatic rings. The van der Waals surface area contributed by atoms with Crippen LogP contribution in [-0.2, 0) is 5.41 Å². The topological polar surface area (TPSA) is 21.3 Å². The molecule has 1 atom stereocenters. The molecule has 0 N–H and O–H groups in total. The normalized spacial score (nSPS) is 15.4. The Hall–Kier alpha value is -6.84. The lowest BCUT2D eigenvalue weighted by molar-refractivity contribution is 0.669. The number of nitrogens with zero attached hydrogens (tertiary/aromatic N) is 2. The minimum absolute atomic E-state index is 0.532. The van der Waals surface area contributed by atoms with Crippen molar-refractivity contribution in [3.63, 3.8) is 0 Å². The lowest BCUT2D eigenvalue weighted by Gasteiger charge is -2.40.